The van der Waals surface area contributed by atoms with Gasteiger partial charge in [0.15, 0.2) is 5.88 Å². The zero-order valence-corrected chi connectivity index (χ0v) is 9.30. The van der Waals surface area contributed by atoms with E-state index in [9.17, 15) is 9.59 Å². The summed E-state index contributed by atoms with van der Waals surface area (Å²) in [5.74, 6) is -0.926. The predicted molar refractivity (Wildman–Crippen MR) is 60.7 cm³/mol. The maximum atomic E-state index is 11.6. The second kappa shape index (κ2) is 5.46. The SMILES string of the molecule is CC(O)C(N)CNC(=O)c1cc(O)[nH]c(=O)c1. The van der Waals surface area contributed by atoms with E-state index >= 15 is 0 Å². The number of aliphatic hydroxyl groups is 1. The molecule has 1 rings (SSSR count). The molecule has 0 radical (unpaired) electrons. The molecule has 1 aromatic rings. The molecule has 0 aliphatic rings. The van der Waals surface area contributed by atoms with Crippen molar-refractivity contribution in [3.05, 3.63) is 28.0 Å². The first-order chi connectivity index (χ1) is 7.90. The lowest BCUT2D eigenvalue weighted by Gasteiger charge is -2.15. The summed E-state index contributed by atoms with van der Waals surface area (Å²) in [6, 6.07) is 1.60. The molecule has 6 N–H and O–H groups in total. The molecule has 17 heavy (non-hydrogen) atoms. The normalized spacial score (nSPS) is 14.1. The van der Waals surface area contributed by atoms with Crippen LogP contribution in [0.2, 0.25) is 0 Å². The van der Waals surface area contributed by atoms with E-state index < -0.39 is 23.6 Å². The Morgan fingerprint density at radius 1 is 1.59 bits per heavy atom. The Hall–Kier alpha value is -1.86. The van der Waals surface area contributed by atoms with Crippen molar-refractivity contribution in [1.29, 1.82) is 0 Å². The van der Waals surface area contributed by atoms with Crippen LogP contribution in [0, 0.1) is 0 Å². The van der Waals surface area contributed by atoms with Crippen molar-refractivity contribution < 1.29 is 15.0 Å². The van der Waals surface area contributed by atoms with Crippen LogP contribution in [0.3, 0.4) is 0 Å². The molecule has 2 atom stereocenters. The van der Waals surface area contributed by atoms with Crippen LogP contribution in [-0.2, 0) is 0 Å². The Bertz CT molecular complexity index is 455. The molecule has 2 unspecified atom stereocenters. The Morgan fingerprint density at radius 2 is 2.24 bits per heavy atom. The predicted octanol–water partition coefficient (Wildman–Crippen LogP) is -1.48. The van der Waals surface area contributed by atoms with Crippen molar-refractivity contribution in [2.75, 3.05) is 6.54 Å². The number of aromatic nitrogens is 1. The molecule has 0 aliphatic heterocycles. The molecular formula is C10H15N3O4. The number of aliphatic hydroxyl groups excluding tert-OH is 1. The van der Waals surface area contributed by atoms with Crippen molar-refractivity contribution in [3.63, 3.8) is 0 Å². The maximum Gasteiger partial charge on any atom is 0.251 e. The maximum absolute atomic E-state index is 11.6. The van der Waals surface area contributed by atoms with E-state index in [1.807, 2.05) is 0 Å². The van der Waals surface area contributed by atoms with Crippen LogP contribution in [0.4, 0.5) is 0 Å². The number of carbonyl (C=O) groups excluding carboxylic acids is 1. The molecule has 0 spiro atoms. The van der Waals surface area contributed by atoms with Gasteiger partial charge in [-0.2, -0.15) is 0 Å². The van der Waals surface area contributed by atoms with Crippen molar-refractivity contribution in [3.8, 4) is 5.88 Å². The Kier molecular flexibility index (Phi) is 4.24. The van der Waals surface area contributed by atoms with E-state index in [2.05, 4.69) is 10.3 Å². The van der Waals surface area contributed by atoms with Gasteiger partial charge in [-0.15, -0.1) is 0 Å². The number of aromatic amines is 1. The van der Waals surface area contributed by atoms with Crippen LogP contribution in [0.5, 0.6) is 5.88 Å². The van der Waals surface area contributed by atoms with Crippen LogP contribution in [0.25, 0.3) is 0 Å². The molecule has 7 heteroatoms. The largest absolute Gasteiger partial charge is 0.494 e. The van der Waals surface area contributed by atoms with Crippen molar-refractivity contribution in [1.82, 2.24) is 10.3 Å². The van der Waals surface area contributed by atoms with E-state index in [1.54, 1.807) is 0 Å². The molecule has 7 nitrogen and oxygen atoms in total. The number of hydrogen-bond acceptors (Lipinski definition) is 5. The number of rotatable bonds is 4. The highest BCUT2D eigenvalue weighted by Crippen LogP contribution is 2.03. The minimum absolute atomic E-state index is 0.0315. The van der Waals surface area contributed by atoms with Crippen molar-refractivity contribution in [2.24, 2.45) is 5.73 Å². The van der Waals surface area contributed by atoms with E-state index in [0.717, 1.165) is 12.1 Å². The minimum Gasteiger partial charge on any atom is -0.494 e. The number of carbonyl (C=O) groups is 1. The Morgan fingerprint density at radius 3 is 2.76 bits per heavy atom. The summed E-state index contributed by atoms with van der Waals surface area (Å²) in [6.07, 6.45) is -0.747. The van der Waals surface area contributed by atoms with Gasteiger partial charge in [-0.25, -0.2) is 0 Å². The van der Waals surface area contributed by atoms with Gasteiger partial charge in [-0.1, -0.05) is 0 Å². The fraction of sp³-hybridized carbons (Fsp3) is 0.400. The van der Waals surface area contributed by atoms with Crippen molar-refractivity contribution >= 4 is 5.91 Å². The molecule has 1 amide bonds. The van der Waals surface area contributed by atoms with Crippen LogP contribution < -0.4 is 16.6 Å². The quantitative estimate of drug-likeness (QED) is 0.439. The summed E-state index contributed by atoms with van der Waals surface area (Å²) in [4.78, 5) is 24.7. The molecule has 0 saturated carbocycles. The smallest absolute Gasteiger partial charge is 0.251 e. The topological polar surface area (TPSA) is 128 Å². The van der Waals surface area contributed by atoms with Gasteiger partial charge in [0.1, 0.15) is 0 Å². The van der Waals surface area contributed by atoms with E-state index in [0.29, 0.717) is 0 Å². The molecule has 1 aromatic heterocycles. The van der Waals surface area contributed by atoms with Gasteiger partial charge in [0.2, 0.25) is 0 Å². The number of pyridine rings is 1. The first-order valence-corrected chi connectivity index (χ1v) is 5.05. The number of nitrogens with one attached hydrogen (secondary N) is 2. The van der Waals surface area contributed by atoms with Gasteiger partial charge < -0.3 is 21.3 Å². The van der Waals surface area contributed by atoms with Gasteiger partial charge in [0.25, 0.3) is 11.5 Å². The highest BCUT2D eigenvalue weighted by Gasteiger charge is 2.12. The number of H-pyrrole nitrogens is 1. The lowest BCUT2D eigenvalue weighted by molar-refractivity contribution is 0.0937. The van der Waals surface area contributed by atoms with E-state index in [1.165, 1.54) is 6.92 Å². The number of amides is 1. The molecular weight excluding hydrogens is 226 g/mol. The number of hydrogen-bond donors (Lipinski definition) is 5. The van der Waals surface area contributed by atoms with Crippen LogP contribution >= 0.6 is 0 Å². The molecule has 94 valence electrons. The van der Waals surface area contributed by atoms with Gasteiger partial charge >= 0.3 is 0 Å². The third kappa shape index (κ3) is 3.89. The number of aromatic hydroxyl groups is 1. The summed E-state index contributed by atoms with van der Waals surface area (Å²) in [7, 11) is 0. The van der Waals surface area contributed by atoms with Crippen LogP contribution in [-0.4, -0.2) is 39.8 Å². The number of nitrogens with two attached hydrogens (primary N) is 1. The first-order valence-electron chi connectivity index (χ1n) is 5.05. The standard InChI is InChI=1S/C10H15N3O4/c1-5(14)7(11)4-12-10(17)6-2-8(15)13-9(16)3-6/h2-3,5,7,14H,4,11H2,1H3,(H,12,17)(H2,13,15,16). The van der Waals surface area contributed by atoms with Gasteiger partial charge in [-0.3, -0.25) is 14.6 Å². The molecule has 0 saturated heterocycles. The monoisotopic (exact) mass is 241 g/mol. The third-order valence-corrected chi connectivity index (χ3v) is 2.21. The van der Waals surface area contributed by atoms with Crippen molar-refractivity contribution in [2.45, 2.75) is 19.1 Å². The van der Waals surface area contributed by atoms with Crippen LogP contribution in [0.15, 0.2) is 16.9 Å². The third-order valence-electron chi connectivity index (χ3n) is 2.21. The molecule has 0 fully saturated rings. The molecule has 1 heterocycles. The van der Waals surface area contributed by atoms with Gasteiger partial charge in [-0.05, 0) is 6.92 Å². The summed E-state index contributed by atoms with van der Waals surface area (Å²) < 4.78 is 0. The summed E-state index contributed by atoms with van der Waals surface area (Å²) in [5, 5.41) is 20.7. The molecule has 0 aliphatic carbocycles. The van der Waals surface area contributed by atoms with Crippen LogP contribution in [0.1, 0.15) is 17.3 Å². The van der Waals surface area contributed by atoms with E-state index in [-0.39, 0.29) is 18.0 Å². The second-order valence-corrected chi connectivity index (χ2v) is 3.73. The Balaban J connectivity index is 2.67. The Labute approximate surface area is 97.3 Å². The lowest BCUT2D eigenvalue weighted by atomic mass is 10.2. The highest BCUT2D eigenvalue weighted by molar-refractivity contribution is 5.94. The zero-order valence-electron chi connectivity index (χ0n) is 9.30. The lowest BCUT2D eigenvalue weighted by Crippen LogP contribution is -2.43. The van der Waals surface area contributed by atoms with E-state index in [4.69, 9.17) is 15.9 Å². The molecule has 0 aromatic carbocycles. The molecule has 0 bridgehead atoms. The summed E-state index contributed by atoms with van der Waals surface area (Å²) >= 11 is 0. The fourth-order valence-corrected chi connectivity index (χ4v) is 1.14. The highest BCUT2D eigenvalue weighted by atomic mass is 16.3. The van der Waals surface area contributed by atoms with Gasteiger partial charge in [0, 0.05) is 24.7 Å². The average Bonchev–Trinajstić information content (AvgIpc) is 2.23. The second-order valence-electron chi connectivity index (χ2n) is 3.73. The zero-order chi connectivity index (χ0) is 13.0. The first kappa shape index (κ1) is 13.2. The average molecular weight is 241 g/mol. The minimum atomic E-state index is -0.747. The van der Waals surface area contributed by atoms with Gasteiger partial charge in [0.05, 0.1) is 11.7 Å². The summed E-state index contributed by atoms with van der Waals surface area (Å²) in [6.45, 7) is 1.58. The summed E-state index contributed by atoms with van der Waals surface area (Å²) in [5.41, 5.74) is 4.98. The fourth-order valence-electron chi connectivity index (χ4n) is 1.14.